The summed E-state index contributed by atoms with van der Waals surface area (Å²) in [5.74, 6) is 2.60. The van der Waals surface area contributed by atoms with Crippen LogP contribution in [0.1, 0.15) is 97.1 Å². The van der Waals surface area contributed by atoms with Gasteiger partial charge in [0.15, 0.2) is 0 Å². The molecule has 10 nitrogen and oxygen atoms in total. The Balaban J connectivity index is 0.000000211. The standard InChI is InChI=1S/2C29H30Cl2N2O3/c2*1-5-13-29(2)17-24(25-15-22(31)12-14-32-25)27(19-6-9-21(30)10-7-19)33(28(29)34)18-20-8-11-23(35-3)16-26(20)36-4/h2*5-12,14-16,24,27H,1,13,17-18H2,2-4H3/t24-,27-,29+;24-,27-,29-/m11/s1. The molecule has 0 N–H and O–H groups in total. The van der Waals surface area contributed by atoms with E-state index in [1.807, 2.05) is 133 Å². The zero-order chi connectivity index (χ0) is 51.7. The average Bonchev–Trinajstić information content (AvgIpc) is 3.38. The van der Waals surface area contributed by atoms with Crippen molar-refractivity contribution in [2.24, 2.45) is 10.8 Å². The topological polar surface area (TPSA) is 103 Å². The molecule has 2 aromatic heterocycles. The fourth-order valence-electron chi connectivity index (χ4n) is 10.3. The number of pyridine rings is 2. The Bertz CT molecular complexity index is 2690. The number of hydrogen-bond acceptors (Lipinski definition) is 8. The highest BCUT2D eigenvalue weighted by molar-refractivity contribution is 6.31. The van der Waals surface area contributed by atoms with Crippen LogP contribution in [0, 0.1) is 10.8 Å². The fraction of sp³-hybridized carbons (Fsp3) is 0.310. The summed E-state index contributed by atoms with van der Waals surface area (Å²) in [7, 11) is 6.46. The molecule has 2 aliphatic rings. The van der Waals surface area contributed by atoms with Crippen LogP contribution < -0.4 is 18.9 Å². The molecule has 6 atom stereocenters. The van der Waals surface area contributed by atoms with Crippen molar-refractivity contribution in [3.05, 3.63) is 201 Å². The number of ether oxygens (including phenoxy) is 4. The molecule has 0 radical (unpaired) electrons. The molecule has 0 aliphatic carbocycles. The third kappa shape index (κ3) is 11.9. The van der Waals surface area contributed by atoms with Crippen molar-refractivity contribution in [2.75, 3.05) is 28.4 Å². The highest BCUT2D eigenvalue weighted by atomic mass is 35.5. The number of nitrogens with zero attached hydrogens (tertiary/aromatic N) is 4. The predicted molar refractivity (Wildman–Crippen MR) is 288 cm³/mol. The van der Waals surface area contributed by atoms with E-state index in [-0.39, 0.29) is 35.7 Å². The minimum atomic E-state index is -0.654. The summed E-state index contributed by atoms with van der Waals surface area (Å²) in [5.41, 5.74) is 4.10. The minimum Gasteiger partial charge on any atom is -0.497 e. The van der Waals surface area contributed by atoms with Crippen molar-refractivity contribution in [3.63, 3.8) is 0 Å². The van der Waals surface area contributed by atoms with Gasteiger partial charge >= 0.3 is 0 Å². The van der Waals surface area contributed by atoms with E-state index < -0.39 is 10.8 Å². The largest absolute Gasteiger partial charge is 0.497 e. The molecule has 8 rings (SSSR count). The van der Waals surface area contributed by atoms with E-state index in [4.69, 9.17) is 65.4 Å². The maximum atomic E-state index is 14.2. The Hall–Kier alpha value is -6.04. The number of carbonyl (C=O) groups is 2. The summed E-state index contributed by atoms with van der Waals surface area (Å²) in [6.45, 7) is 12.6. The number of rotatable bonds is 16. The molecular formula is C58H60Cl4N4O6. The second-order valence-corrected chi connectivity index (χ2v) is 20.5. The quantitative estimate of drug-likeness (QED) is 0.0883. The molecule has 2 aliphatic heterocycles. The van der Waals surface area contributed by atoms with Crippen LogP contribution in [0.5, 0.6) is 23.0 Å². The first kappa shape index (κ1) is 53.8. The molecular weight excluding hydrogens is 990 g/mol. The Kier molecular flexibility index (Phi) is 17.7. The third-order valence-corrected chi connectivity index (χ3v) is 14.8. The number of methoxy groups -OCH3 is 4. The van der Waals surface area contributed by atoms with Crippen molar-refractivity contribution in [1.29, 1.82) is 0 Å². The third-order valence-electron chi connectivity index (χ3n) is 13.9. The van der Waals surface area contributed by atoms with Crippen LogP contribution >= 0.6 is 46.4 Å². The van der Waals surface area contributed by atoms with Gasteiger partial charge in [-0.2, -0.15) is 0 Å². The number of amides is 2. The summed E-state index contributed by atoms with van der Waals surface area (Å²) >= 11 is 25.2. The van der Waals surface area contributed by atoms with E-state index in [2.05, 4.69) is 23.1 Å². The molecule has 4 aromatic carbocycles. The highest BCUT2D eigenvalue weighted by Gasteiger charge is 2.51. The Morgan fingerprint density at radius 3 is 1.24 bits per heavy atom. The summed E-state index contributed by atoms with van der Waals surface area (Å²) in [5, 5.41) is 2.50. The van der Waals surface area contributed by atoms with E-state index in [0.717, 1.165) is 33.6 Å². The van der Waals surface area contributed by atoms with Gasteiger partial charge in [-0.1, -0.05) is 96.7 Å². The minimum absolute atomic E-state index is 0.0542. The van der Waals surface area contributed by atoms with Gasteiger partial charge in [-0.05, 0) is 110 Å². The van der Waals surface area contributed by atoms with Crippen molar-refractivity contribution in [1.82, 2.24) is 19.8 Å². The normalized spacial score (nSPS) is 21.8. The van der Waals surface area contributed by atoms with E-state index in [0.29, 0.717) is 81.9 Å². The van der Waals surface area contributed by atoms with Crippen LogP contribution in [0.2, 0.25) is 20.1 Å². The van der Waals surface area contributed by atoms with E-state index in [9.17, 15) is 9.59 Å². The van der Waals surface area contributed by atoms with Crippen molar-refractivity contribution in [3.8, 4) is 23.0 Å². The maximum absolute atomic E-state index is 14.2. The van der Waals surface area contributed by atoms with E-state index >= 15 is 0 Å². The van der Waals surface area contributed by atoms with Gasteiger partial charge in [0.25, 0.3) is 0 Å². The number of carbonyl (C=O) groups excluding carboxylic acids is 2. The molecule has 0 bridgehead atoms. The first-order valence-corrected chi connectivity index (χ1v) is 25.1. The van der Waals surface area contributed by atoms with Crippen LogP contribution in [0.15, 0.2) is 147 Å². The van der Waals surface area contributed by atoms with Gasteiger partial charge < -0.3 is 28.7 Å². The van der Waals surface area contributed by atoms with Gasteiger partial charge in [0.1, 0.15) is 23.0 Å². The molecule has 2 saturated heterocycles. The zero-order valence-corrected chi connectivity index (χ0v) is 44.4. The van der Waals surface area contributed by atoms with Crippen molar-refractivity contribution >= 4 is 58.2 Å². The molecule has 72 heavy (non-hydrogen) atoms. The molecule has 0 spiro atoms. The molecule has 2 amide bonds. The molecule has 0 unspecified atom stereocenters. The van der Waals surface area contributed by atoms with Crippen molar-refractivity contribution in [2.45, 2.75) is 76.5 Å². The molecule has 14 heteroatoms. The van der Waals surface area contributed by atoms with Crippen molar-refractivity contribution < 1.29 is 28.5 Å². The zero-order valence-electron chi connectivity index (χ0n) is 41.4. The number of benzene rings is 4. The summed E-state index contributed by atoms with van der Waals surface area (Å²) in [6.07, 6.45) is 9.37. The average molecular weight is 1050 g/mol. The van der Waals surface area contributed by atoms with Gasteiger partial charge in [0.05, 0.1) is 51.4 Å². The number of hydrogen-bond donors (Lipinski definition) is 0. The Morgan fingerprint density at radius 1 is 0.542 bits per heavy atom. The van der Waals surface area contributed by atoms with Gasteiger partial charge in [0.2, 0.25) is 11.8 Å². The van der Waals surface area contributed by atoms with Gasteiger partial charge in [-0.3, -0.25) is 19.6 Å². The number of allylic oxidation sites excluding steroid dienone is 2. The Morgan fingerprint density at radius 2 is 0.917 bits per heavy atom. The predicted octanol–water partition coefficient (Wildman–Crippen LogP) is 14.5. The highest BCUT2D eigenvalue weighted by Crippen LogP contribution is 2.53. The smallest absolute Gasteiger partial charge is 0.229 e. The van der Waals surface area contributed by atoms with E-state index in [1.54, 1.807) is 53.0 Å². The lowest BCUT2D eigenvalue weighted by Gasteiger charge is -2.49. The summed E-state index contributed by atoms with van der Waals surface area (Å²) < 4.78 is 22.1. The lowest BCUT2D eigenvalue weighted by Crippen LogP contribution is -2.51. The first-order valence-electron chi connectivity index (χ1n) is 23.6. The van der Waals surface area contributed by atoms with Gasteiger partial charge in [-0.15, -0.1) is 13.2 Å². The fourth-order valence-corrected chi connectivity index (χ4v) is 10.9. The Labute approximate surface area is 443 Å². The lowest BCUT2D eigenvalue weighted by molar-refractivity contribution is -0.152. The summed E-state index contributed by atoms with van der Waals surface area (Å²) in [4.78, 5) is 41.7. The molecule has 0 saturated carbocycles. The van der Waals surface area contributed by atoms with Crippen LogP contribution in [0.3, 0.4) is 0 Å². The van der Waals surface area contributed by atoms with Crippen LogP contribution in [0.25, 0.3) is 0 Å². The molecule has 376 valence electrons. The monoisotopic (exact) mass is 1050 g/mol. The van der Waals surface area contributed by atoms with Crippen LogP contribution in [-0.4, -0.2) is 60.0 Å². The molecule has 4 heterocycles. The number of likely N-dealkylation sites (tertiary alicyclic amines) is 2. The number of piperidine rings is 2. The van der Waals surface area contributed by atoms with Crippen LogP contribution in [-0.2, 0) is 22.7 Å². The van der Waals surface area contributed by atoms with Gasteiger partial charge in [-0.25, -0.2) is 0 Å². The maximum Gasteiger partial charge on any atom is 0.229 e. The first-order chi connectivity index (χ1) is 34.6. The summed E-state index contributed by atoms with van der Waals surface area (Å²) in [6, 6.07) is 33.4. The lowest BCUT2D eigenvalue weighted by atomic mass is 9.68. The number of halogens is 4. The SMILES string of the molecule is C=CC[C@@]1(C)C[C@H](c2cc(Cl)ccn2)[C@@H](c2ccc(Cl)cc2)N(Cc2ccc(OC)cc2OC)C1=O.C=CC[C@]1(C)C[C@H](c2cc(Cl)ccn2)[C@@H](c2ccc(Cl)cc2)N(Cc2ccc(OC)cc2OC)C1=O. The molecule has 6 aromatic rings. The van der Waals surface area contributed by atoms with Gasteiger partial charge in [0, 0.05) is 92.1 Å². The van der Waals surface area contributed by atoms with E-state index in [1.165, 1.54) is 0 Å². The second-order valence-electron chi connectivity index (χ2n) is 18.7. The van der Waals surface area contributed by atoms with Crippen LogP contribution in [0.4, 0.5) is 0 Å². The number of aromatic nitrogens is 2. The second kappa shape index (κ2) is 23.7. The molecule has 2 fully saturated rings.